The highest BCUT2D eigenvalue weighted by molar-refractivity contribution is 5.94. The van der Waals surface area contributed by atoms with Crippen LogP contribution in [0.25, 0.3) is 0 Å². The summed E-state index contributed by atoms with van der Waals surface area (Å²) in [5, 5.41) is 14.4. The number of benzene rings is 1. The Bertz CT molecular complexity index is 453. The van der Waals surface area contributed by atoms with E-state index < -0.39 is 0 Å². The maximum absolute atomic E-state index is 12.1. The van der Waals surface area contributed by atoms with Crippen LogP contribution in [-0.2, 0) is 16.1 Å². The summed E-state index contributed by atoms with van der Waals surface area (Å²) in [4.78, 5) is 22.9. The minimum absolute atomic E-state index is 0.00996. The summed E-state index contributed by atoms with van der Waals surface area (Å²) in [7, 11) is 1.55. The highest BCUT2D eigenvalue weighted by Gasteiger charge is 2.13. The summed E-state index contributed by atoms with van der Waals surface area (Å²) in [6.07, 6.45) is 0.445. The maximum atomic E-state index is 12.1. The fourth-order valence-electron chi connectivity index (χ4n) is 1.82. The van der Waals surface area contributed by atoms with Crippen LogP contribution in [0.1, 0.15) is 29.3 Å². The molecule has 1 rings (SSSR count). The maximum Gasteiger partial charge on any atom is 0.251 e. The van der Waals surface area contributed by atoms with E-state index in [2.05, 4.69) is 10.6 Å². The number of aliphatic hydroxyl groups is 1. The molecule has 21 heavy (non-hydrogen) atoms. The molecule has 1 unspecified atom stereocenters. The number of nitrogens with one attached hydrogen (secondary N) is 2. The van der Waals surface area contributed by atoms with Gasteiger partial charge in [-0.15, -0.1) is 0 Å². The highest BCUT2D eigenvalue weighted by atomic mass is 16.5. The monoisotopic (exact) mass is 294 g/mol. The lowest BCUT2D eigenvalue weighted by Gasteiger charge is -2.17. The molecular formula is C15H22N2O4. The number of aliphatic hydroxyl groups excluding tert-OH is 1. The lowest BCUT2D eigenvalue weighted by atomic mass is 10.1. The summed E-state index contributed by atoms with van der Waals surface area (Å²) in [6, 6.07) is 6.78. The van der Waals surface area contributed by atoms with Crippen molar-refractivity contribution in [1.82, 2.24) is 10.6 Å². The lowest BCUT2D eigenvalue weighted by molar-refractivity contribution is -0.119. The molecule has 2 amide bonds. The second-order valence-corrected chi connectivity index (χ2v) is 4.74. The molecule has 0 spiro atoms. The fourth-order valence-corrected chi connectivity index (χ4v) is 1.82. The zero-order chi connectivity index (χ0) is 15.7. The first-order valence-corrected chi connectivity index (χ1v) is 6.81. The van der Waals surface area contributed by atoms with Gasteiger partial charge in [0.25, 0.3) is 5.91 Å². The molecule has 1 atom stereocenters. The molecule has 0 aliphatic rings. The van der Waals surface area contributed by atoms with Crippen molar-refractivity contribution in [3.8, 4) is 0 Å². The van der Waals surface area contributed by atoms with Gasteiger partial charge in [0.2, 0.25) is 5.91 Å². The average molecular weight is 294 g/mol. The molecule has 0 saturated heterocycles. The molecule has 6 heteroatoms. The van der Waals surface area contributed by atoms with Gasteiger partial charge in [0.15, 0.2) is 0 Å². The van der Waals surface area contributed by atoms with Crippen LogP contribution >= 0.6 is 0 Å². The number of carbonyl (C=O) groups is 2. The molecule has 0 bridgehead atoms. The third kappa shape index (κ3) is 6.37. The molecule has 3 N–H and O–H groups in total. The van der Waals surface area contributed by atoms with Crippen molar-refractivity contribution in [2.75, 3.05) is 20.3 Å². The Morgan fingerprint density at radius 1 is 1.29 bits per heavy atom. The van der Waals surface area contributed by atoms with E-state index in [0.29, 0.717) is 25.1 Å². The number of hydrogen-bond donors (Lipinski definition) is 3. The topological polar surface area (TPSA) is 87.7 Å². The summed E-state index contributed by atoms with van der Waals surface area (Å²) >= 11 is 0. The molecule has 1 aromatic rings. The highest BCUT2D eigenvalue weighted by Crippen LogP contribution is 2.05. The van der Waals surface area contributed by atoms with Crippen molar-refractivity contribution in [2.45, 2.75) is 25.9 Å². The van der Waals surface area contributed by atoms with E-state index in [4.69, 9.17) is 9.84 Å². The molecular weight excluding hydrogens is 272 g/mol. The summed E-state index contributed by atoms with van der Waals surface area (Å²) in [5.74, 6) is -0.306. The number of hydrogen-bond acceptors (Lipinski definition) is 4. The van der Waals surface area contributed by atoms with E-state index in [1.54, 1.807) is 31.4 Å². The van der Waals surface area contributed by atoms with Gasteiger partial charge in [-0.2, -0.15) is 0 Å². The van der Waals surface area contributed by atoms with E-state index in [1.165, 1.54) is 6.92 Å². The molecule has 0 radical (unpaired) electrons. The second kappa shape index (κ2) is 9.10. The van der Waals surface area contributed by atoms with E-state index >= 15 is 0 Å². The normalized spacial score (nSPS) is 11.8. The van der Waals surface area contributed by atoms with Crippen LogP contribution in [0.15, 0.2) is 24.3 Å². The number of ether oxygens (including phenoxy) is 1. The molecule has 0 aromatic heterocycles. The molecule has 0 fully saturated rings. The molecule has 0 aliphatic carbocycles. The van der Waals surface area contributed by atoms with Gasteiger partial charge < -0.3 is 20.5 Å². The number of methoxy groups -OCH3 is 1. The van der Waals surface area contributed by atoms with Crippen molar-refractivity contribution < 1.29 is 19.4 Å². The quantitative estimate of drug-likeness (QED) is 0.649. The molecule has 116 valence electrons. The Kier molecular flexibility index (Phi) is 7.42. The van der Waals surface area contributed by atoms with E-state index in [9.17, 15) is 9.59 Å². The SMILES string of the molecule is COCC(CCO)NC(=O)c1ccc(CNC(C)=O)cc1. The van der Waals surface area contributed by atoms with E-state index in [0.717, 1.165) is 5.56 Å². The van der Waals surface area contributed by atoms with Crippen molar-refractivity contribution in [2.24, 2.45) is 0 Å². The predicted octanol–water partition coefficient (Wildman–Crippen LogP) is 0.450. The lowest BCUT2D eigenvalue weighted by Crippen LogP contribution is -2.38. The average Bonchev–Trinajstić information content (AvgIpc) is 2.46. The van der Waals surface area contributed by atoms with Gasteiger partial charge in [-0.25, -0.2) is 0 Å². The number of carbonyl (C=O) groups excluding carboxylic acids is 2. The van der Waals surface area contributed by atoms with Gasteiger partial charge >= 0.3 is 0 Å². The summed E-state index contributed by atoms with van der Waals surface area (Å²) < 4.78 is 5.00. The van der Waals surface area contributed by atoms with Gasteiger partial charge in [-0.05, 0) is 24.1 Å². The zero-order valence-electron chi connectivity index (χ0n) is 12.4. The van der Waals surface area contributed by atoms with Crippen molar-refractivity contribution in [3.63, 3.8) is 0 Å². The molecule has 6 nitrogen and oxygen atoms in total. The van der Waals surface area contributed by atoms with Crippen LogP contribution in [0.4, 0.5) is 0 Å². The molecule has 0 heterocycles. The smallest absolute Gasteiger partial charge is 0.251 e. The second-order valence-electron chi connectivity index (χ2n) is 4.74. The first kappa shape index (κ1) is 17.1. The third-order valence-corrected chi connectivity index (χ3v) is 2.94. The van der Waals surface area contributed by atoms with Crippen LogP contribution in [0, 0.1) is 0 Å². The predicted molar refractivity (Wildman–Crippen MR) is 78.8 cm³/mol. The third-order valence-electron chi connectivity index (χ3n) is 2.94. The zero-order valence-corrected chi connectivity index (χ0v) is 12.4. The van der Waals surface area contributed by atoms with E-state index in [1.807, 2.05) is 0 Å². The standard InChI is InChI=1S/C15H22N2O4/c1-11(19)16-9-12-3-5-13(6-4-12)15(20)17-14(7-8-18)10-21-2/h3-6,14,18H,7-10H2,1-2H3,(H,16,19)(H,17,20). The van der Waals surface area contributed by atoms with Gasteiger partial charge in [0.1, 0.15) is 0 Å². The van der Waals surface area contributed by atoms with Crippen molar-refractivity contribution in [3.05, 3.63) is 35.4 Å². The Morgan fingerprint density at radius 3 is 2.48 bits per heavy atom. The molecule has 1 aromatic carbocycles. The Hall–Kier alpha value is -1.92. The van der Waals surface area contributed by atoms with Crippen LogP contribution in [-0.4, -0.2) is 43.3 Å². The van der Waals surface area contributed by atoms with Crippen LogP contribution < -0.4 is 10.6 Å². The first-order chi connectivity index (χ1) is 10.1. The molecule has 0 aliphatic heterocycles. The van der Waals surface area contributed by atoms with Crippen LogP contribution in [0.2, 0.25) is 0 Å². The summed E-state index contributed by atoms with van der Waals surface area (Å²) in [6.45, 7) is 2.24. The van der Waals surface area contributed by atoms with Gasteiger partial charge in [-0.3, -0.25) is 9.59 Å². The van der Waals surface area contributed by atoms with Gasteiger partial charge in [-0.1, -0.05) is 12.1 Å². The van der Waals surface area contributed by atoms with E-state index in [-0.39, 0.29) is 24.5 Å². The minimum Gasteiger partial charge on any atom is -0.396 e. The van der Waals surface area contributed by atoms with Gasteiger partial charge in [0, 0.05) is 32.7 Å². The van der Waals surface area contributed by atoms with Gasteiger partial charge in [0.05, 0.1) is 12.6 Å². The Labute approximate surface area is 124 Å². The number of rotatable bonds is 8. The van der Waals surface area contributed by atoms with Crippen LogP contribution in [0.3, 0.4) is 0 Å². The first-order valence-electron chi connectivity index (χ1n) is 6.81. The van der Waals surface area contributed by atoms with Crippen LogP contribution in [0.5, 0.6) is 0 Å². The largest absolute Gasteiger partial charge is 0.396 e. The number of amides is 2. The minimum atomic E-state index is -0.216. The molecule has 0 saturated carbocycles. The van der Waals surface area contributed by atoms with Crippen molar-refractivity contribution >= 4 is 11.8 Å². The Balaban J connectivity index is 2.59. The van der Waals surface area contributed by atoms with Crippen molar-refractivity contribution in [1.29, 1.82) is 0 Å². The summed E-state index contributed by atoms with van der Waals surface area (Å²) in [5.41, 5.74) is 1.45. The Morgan fingerprint density at radius 2 is 1.95 bits per heavy atom. The fraction of sp³-hybridized carbons (Fsp3) is 0.467.